The van der Waals surface area contributed by atoms with E-state index in [1.165, 1.54) is 0 Å². The third kappa shape index (κ3) is 4.97. The van der Waals surface area contributed by atoms with E-state index in [-0.39, 0.29) is 13.2 Å². The van der Waals surface area contributed by atoms with Crippen LogP contribution >= 0.6 is 0 Å². The van der Waals surface area contributed by atoms with Crippen molar-refractivity contribution in [1.29, 1.82) is 0 Å². The number of aliphatic hydroxyl groups is 1. The zero-order valence-electron chi connectivity index (χ0n) is 19.2. The number of carbonyl (C=O) groups is 2. The molecule has 0 bridgehead atoms. The molecule has 4 atom stereocenters. The van der Waals surface area contributed by atoms with Gasteiger partial charge in [0.15, 0.2) is 17.9 Å². The van der Waals surface area contributed by atoms with Crippen molar-refractivity contribution in [3.05, 3.63) is 94.3 Å². The maximum Gasteiger partial charge on any atom is 0.351 e. The standard InChI is InChI=1S/C25H24FN3O7/c1-25(14-35-23(32)16-10-6-3-7-11-16)18(13-34-22(31)15-8-4-2-5-9-15)36-21(19(25)30)29-12-17(26)20(27)28-24(29)33/h2-12,18-19,21,30H,13-14H2,1H3,(H2,27,28,33). The van der Waals surface area contributed by atoms with E-state index in [0.29, 0.717) is 11.1 Å². The predicted octanol–water partition coefficient (Wildman–Crippen LogP) is 1.94. The number of carbonyl (C=O) groups excluding carboxylic acids is 2. The molecule has 3 N–H and O–H groups in total. The summed E-state index contributed by atoms with van der Waals surface area (Å²) in [5.74, 6) is -2.87. The molecule has 1 saturated heterocycles. The summed E-state index contributed by atoms with van der Waals surface area (Å²) in [5.41, 5.74) is 3.63. The van der Waals surface area contributed by atoms with Gasteiger partial charge in [0, 0.05) is 0 Å². The van der Waals surface area contributed by atoms with Gasteiger partial charge in [-0.1, -0.05) is 43.3 Å². The number of halogens is 1. The molecular formula is C25H24FN3O7. The molecule has 1 aliphatic heterocycles. The van der Waals surface area contributed by atoms with Gasteiger partial charge in [-0.05, 0) is 24.3 Å². The number of anilines is 1. The summed E-state index contributed by atoms with van der Waals surface area (Å²) in [5, 5.41) is 11.2. The molecule has 4 rings (SSSR count). The number of aromatic nitrogens is 2. The van der Waals surface area contributed by atoms with Crippen molar-refractivity contribution in [2.45, 2.75) is 25.4 Å². The number of benzene rings is 2. The topological polar surface area (TPSA) is 143 Å². The monoisotopic (exact) mass is 497 g/mol. The highest BCUT2D eigenvalue weighted by molar-refractivity contribution is 5.89. The molecule has 2 aromatic carbocycles. The molecule has 4 unspecified atom stereocenters. The van der Waals surface area contributed by atoms with Gasteiger partial charge >= 0.3 is 17.6 Å². The highest BCUT2D eigenvalue weighted by atomic mass is 19.1. The molecule has 2 heterocycles. The number of hydrogen-bond donors (Lipinski definition) is 2. The minimum absolute atomic E-state index is 0.291. The number of aliphatic hydroxyl groups excluding tert-OH is 1. The van der Waals surface area contributed by atoms with Crippen LogP contribution in [0.1, 0.15) is 33.9 Å². The average Bonchev–Trinajstić information content (AvgIpc) is 3.14. The summed E-state index contributed by atoms with van der Waals surface area (Å²) >= 11 is 0. The third-order valence-corrected chi connectivity index (χ3v) is 6.09. The Morgan fingerprint density at radius 2 is 1.64 bits per heavy atom. The van der Waals surface area contributed by atoms with E-state index in [2.05, 4.69) is 4.98 Å². The zero-order valence-corrected chi connectivity index (χ0v) is 19.2. The fourth-order valence-electron chi connectivity index (χ4n) is 3.87. The summed E-state index contributed by atoms with van der Waals surface area (Å²) in [6.07, 6.45) is -3.17. The first-order valence-corrected chi connectivity index (χ1v) is 11.0. The molecule has 1 aromatic heterocycles. The van der Waals surface area contributed by atoms with Crippen LogP contribution in [0.4, 0.5) is 10.2 Å². The lowest BCUT2D eigenvalue weighted by Crippen LogP contribution is -2.45. The molecule has 11 heteroatoms. The van der Waals surface area contributed by atoms with Crippen LogP contribution in [0.2, 0.25) is 0 Å². The lowest BCUT2D eigenvalue weighted by Gasteiger charge is -2.31. The third-order valence-electron chi connectivity index (χ3n) is 6.09. The van der Waals surface area contributed by atoms with Gasteiger partial charge in [-0.3, -0.25) is 4.57 Å². The molecule has 0 saturated carbocycles. The zero-order chi connectivity index (χ0) is 25.9. The minimum atomic E-state index is -1.48. The molecule has 0 spiro atoms. The van der Waals surface area contributed by atoms with Crippen LogP contribution in [0.5, 0.6) is 0 Å². The van der Waals surface area contributed by atoms with E-state index in [0.717, 1.165) is 10.8 Å². The SMILES string of the molecule is CC1(COC(=O)c2ccccc2)C(COC(=O)c2ccccc2)OC(n2cc(F)c(N)nc2=O)C1O. The van der Waals surface area contributed by atoms with Gasteiger partial charge in [-0.25, -0.2) is 18.8 Å². The molecule has 0 amide bonds. The van der Waals surface area contributed by atoms with Gasteiger partial charge in [0.2, 0.25) is 0 Å². The summed E-state index contributed by atoms with van der Waals surface area (Å²) in [6, 6.07) is 16.4. The summed E-state index contributed by atoms with van der Waals surface area (Å²) in [7, 11) is 0. The van der Waals surface area contributed by atoms with Crippen molar-refractivity contribution < 1.29 is 33.3 Å². The smallest absolute Gasteiger partial charge is 0.351 e. The van der Waals surface area contributed by atoms with Crippen molar-refractivity contribution >= 4 is 17.8 Å². The average molecular weight is 497 g/mol. The lowest BCUT2D eigenvalue weighted by molar-refractivity contribution is -0.0643. The van der Waals surface area contributed by atoms with Crippen molar-refractivity contribution in [3.8, 4) is 0 Å². The van der Waals surface area contributed by atoms with Gasteiger partial charge in [0.05, 0.1) is 22.7 Å². The Morgan fingerprint density at radius 1 is 1.08 bits per heavy atom. The Bertz CT molecular complexity index is 1300. The number of nitrogen functional groups attached to an aromatic ring is 1. The maximum atomic E-state index is 14.1. The van der Waals surface area contributed by atoms with Crippen molar-refractivity contribution in [3.63, 3.8) is 0 Å². The summed E-state index contributed by atoms with van der Waals surface area (Å²) in [6.45, 7) is 0.842. The normalized spacial score (nSPS) is 23.2. The van der Waals surface area contributed by atoms with Crippen molar-refractivity contribution in [1.82, 2.24) is 9.55 Å². The van der Waals surface area contributed by atoms with Crippen molar-refractivity contribution in [2.24, 2.45) is 5.41 Å². The highest BCUT2D eigenvalue weighted by Crippen LogP contribution is 2.44. The van der Waals surface area contributed by atoms with E-state index < -0.39 is 53.1 Å². The van der Waals surface area contributed by atoms with E-state index in [1.54, 1.807) is 67.6 Å². The molecule has 3 aromatic rings. The number of esters is 2. The quantitative estimate of drug-likeness (QED) is 0.468. The first kappa shape index (κ1) is 25.0. The van der Waals surface area contributed by atoms with Gasteiger partial charge < -0.3 is 25.1 Å². The number of rotatable bonds is 7. The van der Waals surface area contributed by atoms with Crippen LogP contribution in [0, 0.1) is 11.2 Å². The van der Waals surface area contributed by atoms with Crippen LogP contribution in [0.25, 0.3) is 0 Å². The fourth-order valence-corrected chi connectivity index (χ4v) is 3.87. The second-order valence-electron chi connectivity index (χ2n) is 8.54. The largest absolute Gasteiger partial charge is 0.461 e. The number of nitrogens with two attached hydrogens (primary N) is 1. The Morgan fingerprint density at radius 3 is 2.22 bits per heavy atom. The molecule has 10 nitrogen and oxygen atoms in total. The van der Waals surface area contributed by atoms with Gasteiger partial charge in [0.25, 0.3) is 0 Å². The first-order chi connectivity index (χ1) is 17.2. The van der Waals surface area contributed by atoms with Gasteiger partial charge in [-0.2, -0.15) is 4.98 Å². The predicted molar refractivity (Wildman–Crippen MR) is 124 cm³/mol. The van der Waals surface area contributed by atoms with Crippen molar-refractivity contribution in [2.75, 3.05) is 18.9 Å². The molecule has 188 valence electrons. The second-order valence-corrected chi connectivity index (χ2v) is 8.54. The fraction of sp³-hybridized carbons (Fsp3) is 0.280. The van der Waals surface area contributed by atoms with E-state index in [9.17, 15) is 23.9 Å². The Labute approximate surface area is 205 Å². The van der Waals surface area contributed by atoms with E-state index in [1.807, 2.05) is 0 Å². The minimum Gasteiger partial charge on any atom is -0.461 e. The first-order valence-electron chi connectivity index (χ1n) is 11.0. The Kier molecular flexibility index (Phi) is 7.13. The Hall–Kier alpha value is -4.09. The number of hydrogen-bond acceptors (Lipinski definition) is 9. The van der Waals surface area contributed by atoms with Gasteiger partial charge in [-0.15, -0.1) is 0 Å². The van der Waals surface area contributed by atoms with Crippen LogP contribution in [-0.4, -0.2) is 52.0 Å². The van der Waals surface area contributed by atoms with Crippen LogP contribution in [0.3, 0.4) is 0 Å². The molecular weight excluding hydrogens is 473 g/mol. The number of ether oxygens (including phenoxy) is 3. The van der Waals surface area contributed by atoms with E-state index in [4.69, 9.17) is 19.9 Å². The van der Waals surface area contributed by atoms with E-state index >= 15 is 0 Å². The second kappa shape index (κ2) is 10.3. The lowest BCUT2D eigenvalue weighted by atomic mass is 9.81. The Balaban J connectivity index is 1.59. The van der Waals surface area contributed by atoms with Crippen LogP contribution in [-0.2, 0) is 14.2 Å². The molecule has 0 radical (unpaired) electrons. The summed E-state index contributed by atoms with van der Waals surface area (Å²) < 4.78 is 31.6. The number of nitrogens with zero attached hydrogens (tertiary/aromatic N) is 2. The highest BCUT2D eigenvalue weighted by Gasteiger charge is 2.55. The van der Waals surface area contributed by atoms with Crippen LogP contribution in [0.15, 0.2) is 71.7 Å². The molecule has 1 fully saturated rings. The molecule has 36 heavy (non-hydrogen) atoms. The molecule has 0 aliphatic carbocycles. The molecule has 1 aliphatic rings. The van der Waals surface area contributed by atoms with Crippen LogP contribution < -0.4 is 11.4 Å². The summed E-state index contributed by atoms with van der Waals surface area (Å²) in [4.78, 5) is 40.8. The maximum absolute atomic E-state index is 14.1. The van der Waals surface area contributed by atoms with Gasteiger partial charge in [0.1, 0.15) is 25.4 Å².